The lowest BCUT2D eigenvalue weighted by molar-refractivity contribution is -0.139. The highest BCUT2D eigenvalue weighted by atomic mass is 19.1. The van der Waals surface area contributed by atoms with Crippen molar-refractivity contribution in [3.8, 4) is 11.1 Å². The molecule has 0 radical (unpaired) electrons. The van der Waals surface area contributed by atoms with Gasteiger partial charge in [0.25, 0.3) is 5.91 Å². The number of carbonyl (C=O) groups is 3. The summed E-state index contributed by atoms with van der Waals surface area (Å²) in [7, 11) is 0. The van der Waals surface area contributed by atoms with Crippen molar-refractivity contribution in [3.63, 3.8) is 0 Å². The fraction of sp³-hybridized carbons (Fsp3) is 0.222. The molecule has 1 aliphatic carbocycles. The van der Waals surface area contributed by atoms with E-state index in [0.717, 1.165) is 34.4 Å². The Morgan fingerprint density at radius 1 is 1.00 bits per heavy atom. The van der Waals surface area contributed by atoms with E-state index in [1.54, 1.807) is 6.92 Å². The van der Waals surface area contributed by atoms with Crippen molar-refractivity contribution >= 4 is 23.7 Å². The summed E-state index contributed by atoms with van der Waals surface area (Å²) in [4.78, 5) is 36.3. The number of anilines is 1. The second kappa shape index (κ2) is 10.4. The molecule has 0 unspecified atom stereocenters. The van der Waals surface area contributed by atoms with E-state index in [0.29, 0.717) is 6.42 Å². The summed E-state index contributed by atoms with van der Waals surface area (Å²) in [5.41, 5.74) is 4.23. The number of amides is 2. The van der Waals surface area contributed by atoms with Crippen LogP contribution in [0.1, 0.15) is 47.2 Å². The van der Waals surface area contributed by atoms with Crippen molar-refractivity contribution in [2.24, 2.45) is 0 Å². The summed E-state index contributed by atoms with van der Waals surface area (Å²) in [6.45, 7) is 1.88. The van der Waals surface area contributed by atoms with Gasteiger partial charge in [0.1, 0.15) is 18.5 Å². The van der Waals surface area contributed by atoms with E-state index in [1.807, 2.05) is 48.5 Å². The van der Waals surface area contributed by atoms with E-state index in [2.05, 4.69) is 10.6 Å². The summed E-state index contributed by atoms with van der Waals surface area (Å²) >= 11 is 0. The van der Waals surface area contributed by atoms with Crippen LogP contribution in [-0.4, -0.2) is 35.7 Å². The van der Waals surface area contributed by atoms with Crippen LogP contribution in [0.2, 0.25) is 0 Å². The zero-order valence-corrected chi connectivity index (χ0v) is 19.1. The molecular formula is C27H25FN2O5. The normalized spacial score (nSPS) is 12.9. The molecule has 4 rings (SSSR count). The zero-order valence-electron chi connectivity index (χ0n) is 19.1. The quantitative estimate of drug-likeness (QED) is 0.416. The zero-order chi connectivity index (χ0) is 24.9. The van der Waals surface area contributed by atoms with Crippen LogP contribution >= 0.6 is 0 Å². The molecule has 180 valence electrons. The lowest BCUT2D eigenvalue weighted by Crippen LogP contribution is -2.40. The Bertz CT molecular complexity index is 1230. The maximum atomic E-state index is 14.2. The Morgan fingerprint density at radius 3 is 2.23 bits per heavy atom. The molecule has 0 bridgehead atoms. The first-order valence-corrected chi connectivity index (χ1v) is 11.3. The van der Waals surface area contributed by atoms with E-state index >= 15 is 0 Å². The number of carboxylic acid groups (broad SMARTS) is 1. The SMILES string of the molecule is CCC[C@@H](NC(=O)c1cc(F)cc(NC(=O)OCC2c3ccccc3-c3ccccc32)c1)C(=O)O. The number of halogens is 1. The van der Waals surface area contributed by atoms with Crippen LogP contribution in [0.3, 0.4) is 0 Å². The lowest BCUT2D eigenvalue weighted by Gasteiger charge is -2.15. The largest absolute Gasteiger partial charge is 0.480 e. The van der Waals surface area contributed by atoms with Crippen molar-refractivity contribution in [1.82, 2.24) is 5.32 Å². The predicted octanol–water partition coefficient (Wildman–Crippen LogP) is 5.17. The predicted molar refractivity (Wildman–Crippen MR) is 129 cm³/mol. The molecule has 0 fully saturated rings. The Balaban J connectivity index is 1.43. The average Bonchev–Trinajstić information content (AvgIpc) is 3.15. The van der Waals surface area contributed by atoms with Gasteiger partial charge in [-0.1, -0.05) is 61.9 Å². The molecule has 8 heteroatoms. The number of benzene rings is 3. The summed E-state index contributed by atoms with van der Waals surface area (Å²) in [6, 6.07) is 18.1. The first-order chi connectivity index (χ1) is 16.9. The van der Waals surface area contributed by atoms with Crippen LogP contribution in [0.25, 0.3) is 11.1 Å². The van der Waals surface area contributed by atoms with Crippen molar-refractivity contribution in [3.05, 3.63) is 89.2 Å². The Hall–Kier alpha value is -4.20. The fourth-order valence-corrected chi connectivity index (χ4v) is 4.33. The Labute approximate surface area is 201 Å². The van der Waals surface area contributed by atoms with E-state index in [9.17, 15) is 23.9 Å². The molecule has 1 aliphatic rings. The van der Waals surface area contributed by atoms with Crippen LogP contribution in [0.5, 0.6) is 0 Å². The fourth-order valence-electron chi connectivity index (χ4n) is 4.33. The number of aliphatic carboxylic acids is 1. The highest BCUT2D eigenvalue weighted by Gasteiger charge is 2.29. The number of hydrogen-bond acceptors (Lipinski definition) is 4. The highest BCUT2D eigenvalue weighted by Crippen LogP contribution is 2.44. The molecule has 7 nitrogen and oxygen atoms in total. The van der Waals surface area contributed by atoms with Crippen molar-refractivity contribution in [2.75, 3.05) is 11.9 Å². The first-order valence-electron chi connectivity index (χ1n) is 11.3. The minimum absolute atomic E-state index is 0.0229. The summed E-state index contributed by atoms with van der Waals surface area (Å²) in [6.07, 6.45) is -0.00539. The molecule has 0 spiro atoms. The number of nitrogens with one attached hydrogen (secondary N) is 2. The van der Waals surface area contributed by atoms with Gasteiger partial charge < -0.3 is 15.2 Å². The minimum Gasteiger partial charge on any atom is -0.480 e. The number of hydrogen-bond donors (Lipinski definition) is 3. The van der Waals surface area contributed by atoms with Crippen molar-refractivity contribution in [1.29, 1.82) is 0 Å². The molecule has 0 heterocycles. The molecule has 3 aromatic rings. The Kier molecular flexibility index (Phi) is 7.10. The van der Waals surface area contributed by atoms with Gasteiger partial charge in [0, 0.05) is 17.2 Å². The third-order valence-corrected chi connectivity index (χ3v) is 5.93. The van der Waals surface area contributed by atoms with E-state index in [1.165, 1.54) is 6.07 Å². The smallest absolute Gasteiger partial charge is 0.411 e. The number of carboxylic acids is 1. The van der Waals surface area contributed by atoms with Gasteiger partial charge in [-0.05, 0) is 46.9 Å². The van der Waals surface area contributed by atoms with Gasteiger partial charge in [-0.15, -0.1) is 0 Å². The van der Waals surface area contributed by atoms with E-state index in [4.69, 9.17) is 4.74 Å². The second-order valence-electron chi connectivity index (χ2n) is 8.33. The van der Waals surface area contributed by atoms with Crippen molar-refractivity contribution < 1.29 is 28.6 Å². The number of ether oxygens (including phenoxy) is 1. The number of fused-ring (bicyclic) bond motifs is 3. The third-order valence-electron chi connectivity index (χ3n) is 5.93. The van der Waals surface area contributed by atoms with Crippen LogP contribution in [0.15, 0.2) is 66.7 Å². The molecule has 0 aromatic heterocycles. The van der Waals surface area contributed by atoms with Gasteiger partial charge in [-0.2, -0.15) is 0 Å². The maximum Gasteiger partial charge on any atom is 0.411 e. The van der Waals surface area contributed by atoms with Crippen LogP contribution in [0.4, 0.5) is 14.9 Å². The molecule has 35 heavy (non-hydrogen) atoms. The van der Waals surface area contributed by atoms with Gasteiger partial charge in [0.05, 0.1) is 0 Å². The summed E-state index contributed by atoms with van der Waals surface area (Å²) in [5, 5.41) is 14.1. The highest BCUT2D eigenvalue weighted by molar-refractivity contribution is 5.98. The molecule has 0 saturated carbocycles. The summed E-state index contributed by atoms with van der Waals surface area (Å²) in [5.74, 6) is -2.81. The molecule has 0 aliphatic heterocycles. The molecule has 2 amide bonds. The number of rotatable bonds is 8. The topological polar surface area (TPSA) is 105 Å². The molecule has 1 atom stereocenters. The first kappa shape index (κ1) is 23.9. The third kappa shape index (κ3) is 5.32. The monoisotopic (exact) mass is 476 g/mol. The van der Waals surface area contributed by atoms with Gasteiger partial charge in [0.2, 0.25) is 0 Å². The van der Waals surface area contributed by atoms with Gasteiger partial charge in [-0.3, -0.25) is 10.1 Å². The standard InChI is InChI=1S/C27H25FN2O5/c1-2-7-24(26(32)33)30-25(31)16-12-17(28)14-18(13-16)29-27(34)35-15-23-21-10-5-3-8-19(21)20-9-4-6-11-22(20)23/h3-6,8-14,23-24H,2,7,15H2,1H3,(H,29,34)(H,30,31)(H,32,33)/t24-/m1/s1. The minimum atomic E-state index is -1.17. The molecule has 3 aromatic carbocycles. The van der Waals surface area contributed by atoms with Crippen LogP contribution in [-0.2, 0) is 9.53 Å². The van der Waals surface area contributed by atoms with Crippen molar-refractivity contribution in [2.45, 2.75) is 31.7 Å². The van der Waals surface area contributed by atoms with Gasteiger partial charge >= 0.3 is 12.1 Å². The molecule has 0 saturated heterocycles. The van der Waals surface area contributed by atoms with Gasteiger partial charge in [0.15, 0.2) is 0 Å². The Morgan fingerprint density at radius 2 is 1.63 bits per heavy atom. The summed E-state index contributed by atoms with van der Waals surface area (Å²) < 4.78 is 19.6. The molecular weight excluding hydrogens is 451 g/mol. The van der Waals surface area contributed by atoms with Crippen LogP contribution in [0, 0.1) is 5.82 Å². The van der Waals surface area contributed by atoms with Gasteiger partial charge in [-0.25, -0.2) is 14.0 Å². The number of carbonyl (C=O) groups excluding carboxylic acids is 2. The second-order valence-corrected chi connectivity index (χ2v) is 8.33. The van der Waals surface area contributed by atoms with E-state index < -0.39 is 29.8 Å². The average molecular weight is 477 g/mol. The lowest BCUT2D eigenvalue weighted by atomic mass is 9.98. The maximum absolute atomic E-state index is 14.2. The van der Waals surface area contributed by atoms with Crippen LogP contribution < -0.4 is 10.6 Å². The van der Waals surface area contributed by atoms with E-state index in [-0.39, 0.29) is 30.2 Å². The molecule has 3 N–H and O–H groups in total.